The molecular weight excluding hydrogens is 468 g/mol. The fourth-order valence-electron chi connectivity index (χ4n) is 3.59. The number of hydrogen-bond acceptors (Lipinski definition) is 8. The van der Waals surface area contributed by atoms with Crippen LogP contribution < -0.4 is 14.8 Å². The summed E-state index contributed by atoms with van der Waals surface area (Å²) in [4.78, 5) is 24.9. The van der Waals surface area contributed by atoms with Gasteiger partial charge in [0, 0.05) is 17.3 Å². The quantitative estimate of drug-likeness (QED) is 0.436. The smallest absolute Gasteiger partial charge is 0.302 e. The normalized spacial score (nSPS) is 15.5. The van der Waals surface area contributed by atoms with E-state index >= 15 is 0 Å². The van der Waals surface area contributed by atoms with Gasteiger partial charge in [-0.25, -0.2) is 5.01 Å². The van der Waals surface area contributed by atoms with Crippen LogP contribution in [-0.2, 0) is 6.54 Å². The predicted octanol–water partition coefficient (Wildman–Crippen LogP) is 5.19. The van der Waals surface area contributed by atoms with Gasteiger partial charge in [0.25, 0.3) is 5.91 Å². The first-order valence-corrected chi connectivity index (χ1v) is 12.1. The summed E-state index contributed by atoms with van der Waals surface area (Å²) < 4.78 is 16.0. The number of nitrogens with zero attached hydrogens (tertiary/aromatic N) is 3. The highest BCUT2D eigenvalue weighted by molar-refractivity contribution is 8.14. The van der Waals surface area contributed by atoms with E-state index in [1.807, 2.05) is 44.2 Å². The summed E-state index contributed by atoms with van der Waals surface area (Å²) in [6.45, 7) is 4.79. The van der Waals surface area contributed by atoms with Gasteiger partial charge in [0.15, 0.2) is 11.5 Å². The van der Waals surface area contributed by atoms with Crippen molar-refractivity contribution in [3.05, 3.63) is 71.6 Å². The van der Waals surface area contributed by atoms with Gasteiger partial charge in [-0.15, -0.1) is 0 Å². The lowest BCUT2D eigenvalue weighted by Crippen LogP contribution is -2.34. The van der Waals surface area contributed by atoms with Crippen molar-refractivity contribution in [2.75, 3.05) is 19.0 Å². The number of anilines is 1. The number of hydrazone groups is 1. The molecule has 1 aliphatic heterocycles. The standard InChI is InChI=1S/C25H26N4O5S/c1-4-22-23(17-8-11-19(33-5-2)21(14-17)32-3)28-29(25(31)35-22)15-16-6-9-18(10-7-16)27-24(30)20-12-13-26-34-20/h6-14,22H,4-5,15H2,1-3H3,(H,27,30). The summed E-state index contributed by atoms with van der Waals surface area (Å²) in [5, 5.41) is 12.3. The molecule has 2 heterocycles. The van der Waals surface area contributed by atoms with Crippen molar-refractivity contribution in [1.82, 2.24) is 10.2 Å². The third-order valence-corrected chi connectivity index (χ3v) is 6.58. The highest BCUT2D eigenvalue weighted by Crippen LogP contribution is 2.34. The molecule has 2 amide bonds. The van der Waals surface area contributed by atoms with Crippen molar-refractivity contribution < 1.29 is 23.6 Å². The topological polar surface area (TPSA) is 106 Å². The van der Waals surface area contributed by atoms with E-state index in [4.69, 9.17) is 19.1 Å². The second kappa shape index (κ2) is 11.1. The molecule has 10 heteroatoms. The van der Waals surface area contributed by atoms with Crippen LogP contribution >= 0.6 is 11.8 Å². The van der Waals surface area contributed by atoms with Crippen LogP contribution in [0, 0.1) is 0 Å². The molecule has 0 fully saturated rings. The number of ether oxygens (including phenoxy) is 2. The van der Waals surface area contributed by atoms with Crippen LogP contribution in [0.2, 0.25) is 0 Å². The monoisotopic (exact) mass is 494 g/mol. The lowest BCUT2D eigenvalue weighted by Gasteiger charge is -2.28. The van der Waals surface area contributed by atoms with E-state index in [1.54, 1.807) is 19.2 Å². The number of carbonyl (C=O) groups excluding carboxylic acids is 2. The van der Waals surface area contributed by atoms with Gasteiger partial charge >= 0.3 is 5.24 Å². The molecule has 9 nitrogen and oxygen atoms in total. The lowest BCUT2D eigenvalue weighted by molar-refractivity contribution is 0.0988. The number of amides is 2. The second-order valence-electron chi connectivity index (χ2n) is 7.65. The summed E-state index contributed by atoms with van der Waals surface area (Å²) in [7, 11) is 1.60. The first kappa shape index (κ1) is 24.3. The van der Waals surface area contributed by atoms with E-state index in [2.05, 4.69) is 10.5 Å². The Morgan fingerprint density at radius 3 is 2.60 bits per heavy atom. The minimum Gasteiger partial charge on any atom is -0.493 e. The molecule has 4 rings (SSSR count). The molecule has 0 spiro atoms. The number of aromatic nitrogens is 1. The van der Waals surface area contributed by atoms with E-state index in [9.17, 15) is 9.59 Å². The van der Waals surface area contributed by atoms with Gasteiger partial charge in [0.2, 0.25) is 5.76 Å². The maximum absolute atomic E-state index is 12.8. The number of rotatable bonds is 9. The lowest BCUT2D eigenvalue weighted by atomic mass is 10.0. The van der Waals surface area contributed by atoms with Crippen molar-refractivity contribution in [2.45, 2.75) is 32.1 Å². The Balaban J connectivity index is 1.52. The molecule has 0 bridgehead atoms. The molecule has 1 aromatic heterocycles. The number of thioether (sulfide) groups is 1. The maximum Gasteiger partial charge on any atom is 0.302 e. The molecule has 1 aliphatic rings. The Kier molecular flexibility index (Phi) is 7.71. The second-order valence-corrected chi connectivity index (χ2v) is 8.80. The molecule has 35 heavy (non-hydrogen) atoms. The van der Waals surface area contributed by atoms with E-state index in [1.165, 1.54) is 29.0 Å². The first-order valence-electron chi connectivity index (χ1n) is 11.2. The molecule has 0 saturated heterocycles. The van der Waals surface area contributed by atoms with Gasteiger partial charge in [0.1, 0.15) is 0 Å². The van der Waals surface area contributed by atoms with E-state index in [0.717, 1.165) is 23.3 Å². The molecule has 182 valence electrons. The van der Waals surface area contributed by atoms with Gasteiger partial charge in [-0.1, -0.05) is 36.0 Å². The maximum atomic E-state index is 12.8. The first-order chi connectivity index (χ1) is 17.0. The molecule has 1 N–H and O–H groups in total. The minimum absolute atomic E-state index is 0.0601. The van der Waals surface area contributed by atoms with Crippen LogP contribution in [-0.4, -0.2) is 46.0 Å². The van der Waals surface area contributed by atoms with E-state index in [0.29, 0.717) is 30.3 Å². The third kappa shape index (κ3) is 5.65. The van der Waals surface area contributed by atoms with Crippen LogP contribution in [0.5, 0.6) is 11.5 Å². The fraction of sp³-hybridized carbons (Fsp3) is 0.280. The molecule has 3 aromatic rings. The number of nitrogens with one attached hydrogen (secondary N) is 1. The summed E-state index contributed by atoms with van der Waals surface area (Å²) >= 11 is 1.27. The average Bonchev–Trinajstić information content (AvgIpc) is 3.42. The summed E-state index contributed by atoms with van der Waals surface area (Å²) in [6, 6.07) is 14.4. The average molecular weight is 495 g/mol. The zero-order valence-corrected chi connectivity index (χ0v) is 20.5. The number of benzene rings is 2. The molecular formula is C25H26N4O5S. The van der Waals surface area contributed by atoms with Crippen molar-refractivity contribution in [3.63, 3.8) is 0 Å². The third-order valence-electron chi connectivity index (χ3n) is 5.32. The van der Waals surface area contributed by atoms with Gasteiger partial charge in [0.05, 0.1) is 37.4 Å². The summed E-state index contributed by atoms with van der Waals surface area (Å²) in [5.74, 6) is 1.03. The molecule has 1 atom stereocenters. The number of methoxy groups -OCH3 is 1. The molecule has 0 radical (unpaired) electrons. The zero-order valence-electron chi connectivity index (χ0n) is 19.7. The van der Waals surface area contributed by atoms with E-state index < -0.39 is 0 Å². The van der Waals surface area contributed by atoms with Crippen LogP contribution in [0.4, 0.5) is 10.5 Å². The Morgan fingerprint density at radius 2 is 1.94 bits per heavy atom. The van der Waals surface area contributed by atoms with Crippen molar-refractivity contribution >= 4 is 34.3 Å². The Morgan fingerprint density at radius 1 is 1.14 bits per heavy atom. The number of carbonyl (C=O) groups is 2. The SMILES string of the molecule is CCOc1ccc(C2=NN(Cc3ccc(NC(=O)c4ccno4)cc3)C(=O)SC2CC)cc1OC. The molecule has 0 saturated carbocycles. The predicted molar refractivity (Wildman–Crippen MR) is 134 cm³/mol. The van der Waals surface area contributed by atoms with Crippen molar-refractivity contribution in [3.8, 4) is 11.5 Å². The molecule has 1 unspecified atom stereocenters. The molecule has 2 aromatic carbocycles. The Bertz CT molecular complexity index is 1210. The minimum atomic E-state index is -0.386. The largest absolute Gasteiger partial charge is 0.493 e. The van der Waals surface area contributed by atoms with Crippen molar-refractivity contribution in [2.24, 2.45) is 5.10 Å². The summed E-state index contributed by atoms with van der Waals surface area (Å²) in [5.41, 5.74) is 3.17. The fourth-order valence-corrected chi connectivity index (χ4v) is 4.52. The Labute approximate surface area is 207 Å². The highest BCUT2D eigenvalue weighted by Gasteiger charge is 2.30. The highest BCUT2D eigenvalue weighted by atomic mass is 32.2. The van der Waals surface area contributed by atoms with Gasteiger partial charge in [-0.2, -0.15) is 5.10 Å². The van der Waals surface area contributed by atoms with Gasteiger partial charge in [-0.3, -0.25) is 9.59 Å². The zero-order chi connectivity index (χ0) is 24.8. The van der Waals surface area contributed by atoms with Crippen molar-refractivity contribution in [1.29, 1.82) is 0 Å². The van der Waals surface area contributed by atoms with Crippen LogP contribution in [0.3, 0.4) is 0 Å². The van der Waals surface area contributed by atoms with Gasteiger partial charge < -0.3 is 19.3 Å². The summed E-state index contributed by atoms with van der Waals surface area (Å²) in [6.07, 6.45) is 2.17. The molecule has 0 aliphatic carbocycles. The van der Waals surface area contributed by atoms with Crippen LogP contribution in [0.1, 0.15) is 41.9 Å². The Hall–Kier alpha value is -3.79. The van der Waals surface area contributed by atoms with Crippen LogP contribution in [0.25, 0.3) is 0 Å². The van der Waals surface area contributed by atoms with E-state index in [-0.39, 0.29) is 22.2 Å². The van der Waals surface area contributed by atoms with Gasteiger partial charge in [-0.05, 0) is 49.2 Å². The van der Waals surface area contributed by atoms with Crippen LogP contribution in [0.15, 0.2) is 64.4 Å². The number of hydrogen-bond donors (Lipinski definition) is 1.